The number of rotatable bonds is 1. The summed E-state index contributed by atoms with van der Waals surface area (Å²) in [5.41, 5.74) is 4.71. The molecule has 1 aliphatic rings. The molecule has 0 atom stereocenters. The Kier molecular flexibility index (Phi) is 2.31. The standard InChI is InChI=1S/C7H12FNO2/c8-7(11-6(9)10)4-2-1-3-5-7/h1-5H2,(H2,9,10). The molecule has 0 aromatic heterocycles. The average Bonchev–Trinajstić information content (AvgIpc) is 1.85. The van der Waals surface area contributed by atoms with Gasteiger partial charge >= 0.3 is 6.09 Å². The number of hydrogen-bond donors (Lipinski definition) is 1. The van der Waals surface area contributed by atoms with Gasteiger partial charge in [-0.05, 0) is 12.8 Å². The van der Waals surface area contributed by atoms with Crippen LogP contribution < -0.4 is 5.73 Å². The van der Waals surface area contributed by atoms with Gasteiger partial charge in [0, 0.05) is 12.8 Å². The van der Waals surface area contributed by atoms with E-state index in [1.165, 1.54) is 0 Å². The second kappa shape index (κ2) is 3.07. The zero-order chi connectivity index (χ0) is 8.32. The number of carbonyl (C=O) groups is 1. The normalized spacial score (nSPS) is 22.6. The van der Waals surface area contributed by atoms with Crippen LogP contribution in [0.2, 0.25) is 0 Å². The van der Waals surface area contributed by atoms with Crippen molar-refractivity contribution in [2.45, 2.75) is 38.0 Å². The molecule has 4 heteroatoms. The predicted octanol–water partition coefficient (Wildman–Crippen LogP) is 1.71. The van der Waals surface area contributed by atoms with Crippen LogP contribution in [0, 0.1) is 0 Å². The summed E-state index contributed by atoms with van der Waals surface area (Å²) in [7, 11) is 0. The Balaban J connectivity index is 2.43. The van der Waals surface area contributed by atoms with Crippen molar-refractivity contribution >= 4 is 6.09 Å². The van der Waals surface area contributed by atoms with E-state index in [0.29, 0.717) is 0 Å². The molecule has 0 bridgehead atoms. The fourth-order valence-electron chi connectivity index (χ4n) is 1.36. The second-order valence-electron chi connectivity index (χ2n) is 2.86. The first-order chi connectivity index (χ1) is 5.12. The summed E-state index contributed by atoms with van der Waals surface area (Å²) in [6.45, 7) is 0. The molecule has 2 N–H and O–H groups in total. The van der Waals surface area contributed by atoms with E-state index >= 15 is 0 Å². The summed E-state index contributed by atoms with van der Waals surface area (Å²) < 4.78 is 17.7. The Morgan fingerprint density at radius 1 is 1.36 bits per heavy atom. The molecule has 3 nitrogen and oxygen atoms in total. The van der Waals surface area contributed by atoms with Crippen molar-refractivity contribution in [1.29, 1.82) is 0 Å². The molecule has 1 rings (SSSR count). The number of ether oxygens (including phenoxy) is 1. The van der Waals surface area contributed by atoms with Gasteiger partial charge in [0.15, 0.2) is 0 Å². The number of primary amides is 1. The third-order valence-corrected chi connectivity index (χ3v) is 1.88. The maximum absolute atomic E-state index is 13.3. The van der Waals surface area contributed by atoms with Gasteiger partial charge < -0.3 is 10.5 Å². The summed E-state index contributed by atoms with van der Waals surface area (Å²) >= 11 is 0. The molecule has 1 fully saturated rings. The van der Waals surface area contributed by atoms with Crippen LogP contribution in [0.1, 0.15) is 32.1 Å². The molecule has 0 unspecified atom stereocenters. The Hall–Kier alpha value is -0.800. The number of alkyl halides is 1. The van der Waals surface area contributed by atoms with Crippen molar-refractivity contribution in [3.8, 4) is 0 Å². The van der Waals surface area contributed by atoms with Gasteiger partial charge in [0.2, 0.25) is 0 Å². The summed E-state index contributed by atoms with van der Waals surface area (Å²) in [6.07, 6.45) is 2.10. The predicted molar refractivity (Wildman–Crippen MR) is 37.6 cm³/mol. The molecular weight excluding hydrogens is 149 g/mol. The smallest absolute Gasteiger partial charge is 0.407 e. The first-order valence-corrected chi connectivity index (χ1v) is 3.80. The van der Waals surface area contributed by atoms with Crippen LogP contribution in [0.25, 0.3) is 0 Å². The number of carbonyl (C=O) groups excluding carboxylic acids is 1. The summed E-state index contributed by atoms with van der Waals surface area (Å²) in [5.74, 6) is -1.77. The molecule has 1 saturated carbocycles. The largest absolute Gasteiger partial charge is 0.413 e. The summed E-state index contributed by atoms with van der Waals surface area (Å²) in [4.78, 5) is 10.2. The lowest BCUT2D eigenvalue weighted by molar-refractivity contribution is -0.116. The highest BCUT2D eigenvalue weighted by atomic mass is 19.2. The number of amides is 1. The van der Waals surface area contributed by atoms with E-state index in [-0.39, 0.29) is 12.8 Å². The van der Waals surface area contributed by atoms with E-state index in [4.69, 9.17) is 5.73 Å². The highest BCUT2D eigenvalue weighted by molar-refractivity contribution is 5.65. The maximum atomic E-state index is 13.3. The zero-order valence-electron chi connectivity index (χ0n) is 6.31. The van der Waals surface area contributed by atoms with Gasteiger partial charge in [0.05, 0.1) is 0 Å². The molecule has 0 radical (unpaired) electrons. The van der Waals surface area contributed by atoms with Crippen molar-refractivity contribution in [2.24, 2.45) is 5.73 Å². The molecule has 0 aliphatic heterocycles. The van der Waals surface area contributed by atoms with E-state index in [9.17, 15) is 9.18 Å². The van der Waals surface area contributed by atoms with Crippen LogP contribution >= 0.6 is 0 Å². The minimum atomic E-state index is -1.77. The third kappa shape index (κ3) is 2.37. The maximum Gasteiger partial charge on any atom is 0.407 e. The van der Waals surface area contributed by atoms with Crippen LogP contribution in [0.15, 0.2) is 0 Å². The Labute approximate surface area is 64.7 Å². The molecule has 1 aliphatic carbocycles. The fourth-order valence-corrected chi connectivity index (χ4v) is 1.36. The van der Waals surface area contributed by atoms with E-state index in [1.807, 2.05) is 0 Å². The van der Waals surface area contributed by atoms with Gasteiger partial charge in [0.1, 0.15) is 0 Å². The van der Waals surface area contributed by atoms with Gasteiger partial charge in [-0.25, -0.2) is 4.79 Å². The summed E-state index contributed by atoms with van der Waals surface area (Å²) in [6, 6.07) is 0. The van der Waals surface area contributed by atoms with Crippen LogP contribution in [0.5, 0.6) is 0 Å². The van der Waals surface area contributed by atoms with E-state index in [2.05, 4.69) is 4.74 Å². The molecular formula is C7H12FNO2. The molecule has 0 heterocycles. The lowest BCUT2D eigenvalue weighted by Crippen LogP contribution is -2.34. The van der Waals surface area contributed by atoms with Gasteiger partial charge in [-0.1, -0.05) is 6.42 Å². The van der Waals surface area contributed by atoms with Crippen molar-refractivity contribution in [3.63, 3.8) is 0 Å². The molecule has 1 amide bonds. The number of halogens is 1. The monoisotopic (exact) mass is 161 g/mol. The number of nitrogens with two attached hydrogens (primary N) is 1. The van der Waals surface area contributed by atoms with Crippen LogP contribution in [0.3, 0.4) is 0 Å². The lowest BCUT2D eigenvalue weighted by atomic mass is 9.96. The number of hydrogen-bond acceptors (Lipinski definition) is 2. The van der Waals surface area contributed by atoms with Crippen molar-refractivity contribution in [1.82, 2.24) is 0 Å². The minimum absolute atomic E-state index is 0.288. The Morgan fingerprint density at radius 3 is 2.36 bits per heavy atom. The molecule has 0 spiro atoms. The topological polar surface area (TPSA) is 52.3 Å². The first-order valence-electron chi connectivity index (χ1n) is 3.80. The highest BCUT2D eigenvalue weighted by Crippen LogP contribution is 2.32. The zero-order valence-corrected chi connectivity index (χ0v) is 6.31. The Morgan fingerprint density at radius 2 is 1.91 bits per heavy atom. The van der Waals surface area contributed by atoms with Gasteiger partial charge in [-0.3, -0.25) is 0 Å². The third-order valence-electron chi connectivity index (χ3n) is 1.88. The summed E-state index contributed by atoms with van der Waals surface area (Å²) in [5, 5.41) is 0. The average molecular weight is 161 g/mol. The second-order valence-corrected chi connectivity index (χ2v) is 2.86. The first kappa shape index (κ1) is 8.30. The van der Waals surface area contributed by atoms with E-state index < -0.39 is 11.9 Å². The Bertz CT molecular complexity index is 155. The SMILES string of the molecule is NC(=O)OC1(F)CCCCC1. The molecule has 0 aromatic carbocycles. The quantitative estimate of drug-likeness (QED) is 0.636. The van der Waals surface area contributed by atoms with E-state index in [0.717, 1.165) is 19.3 Å². The van der Waals surface area contributed by atoms with E-state index in [1.54, 1.807) is 0 Å². The molecule has 64 valence electrons. The van der Waals surface area contributed by atoms with Crippen LogP contribution in [-0.4, -0.2) is 11.9 Å². The lowest BCUT2D eigenvalue weighted by Gasteiger charge is -2.27. The van der Waals surface area contributed by atoms with Crippen molar-refractivity contribution < 1.29 is 13.9 Å². The van der Waals surface area contributed by atoms with Crippen molar-refractivity contribution in [2.75, 3.05) is 0 Å². The highest BCUT2D eigenvalue weighted by Gasteiger charge is 2.34. The minimum Gasteiger partial charge on any atom is -0.413 e. The molecule has 0 aromatic rings. The van der Waals surface area contributed by atoms with Gasteiger partial charge in [-0.2, -0.15) is 4.39 Å². The van der Waals surface area contributed by atoms with Gasteiger partial charge in [0.25, 0.3) is 5.85 Å². The molecule has 0 saturated heterocycles. The molecule has 11 heavy (non-hydrogen) atoms. The van der Waals surface area contributed by atoms with Crippen molar-refractivity contribution in [3.05, 3.63) is 0 Å². The fraction of sp³-hybridized carbons (Fsp3) is 0.857. The van der Waals surface area contributed by atoms with Crippen LogP contribution in [-0.2, 0) is 4.74 Å². The van der Waals surface area contributed by atoms with Gasteiger partial charge in [-0.15, -0.1) is 0 Å². The van der Waals surface area contributed by atoms with Crippen LogP contribution in [0.4, 0.5) is 9.18 Å².